The Morgan fingerprint density at radius 1 is 1.35 bits per heavy atom. The summed E-state index contributed by atoms with van der Waals surface area (Å²) < 4.78 is 5.52. The Balaban J connectivity index is 0.00000243. The Morgan fingerprint density at radius 2 is 2.08 bits per heavy atom. The summed E-state index contributed by atoms with van der Waals surface area (Å²) in [4.78, 5) is 21.2. The van der Waals surface area contributed by atoms with Gasteiger partial charge in [0.1, 0.15) is 6.10 Å². The zero-order valence-electron chi connectivity index (χ0n) is 15.5. The molecule has 0 radical (unpaired) electrons. The van der Waals surface area contributed by atoms with Crippen molar-refractivity contribution in [2.75, 3.05) is 57.4 Å². The monoisotopic (exact) mass is 498 g/mol. The molecule has 2 unspecified atom stereocenters. The summed E-state index contributed by atoms with van der Waals surface area (Å²) in [7, 11) is 0. The molecule has 0 aromatic carbocycles. The second-order valence-corrected chi connectivity index (χ2v) is 8.12. The summed E-state index contributed by atoms with van der Waals surface area (Å²) in [6.07, 6.45) is 2.40. The Labute approximate surface area is 177 Å². The number of halogens is 1. The van der Waals surface area contributed by atoms with Gasteiger partial charge in [-0.25, -0.2) is 0 Å². The fourth-order valence-corrected chi connectivity index (χ4v) is 4.77. The lowest BCUT2D eigenvalue weighted by atomic mass is 10.0. The van der Waals surface area contributed by atoms with E-state index in [0.717, 1.165) is 56.4 Å². The molecule has 0 spiro atoms. The Bertz CT molecular complexity index is 488. The van der Waals surface area contributed by atoms with Crippen molar-refractivity contribution in [2.45, 2.75) is 37.9 Å². The SMILES string of the molecule is CCNC(=NCC1(O)CCSC1)N1CCN(C(=O)C2CCCO2)CC1.I. The van der Waals surface area contributed by atoms with Gasteiger partial charge in [0.05, 0.1) is 12.1 Å². The first-order valence-corrected chi connectivity index (χ1v) is 10.5. The van der Waals surface area contributed by atoms with Gasteiger partial charge in [0.25, 0.3) is 5.91 Å². The topological polar surface area (TPSA) is 77.4 Å². The lowest BCUT2D eigenvalue weighted by molar-refractivity contribution is -0.142. The Hall–Kier alpha value is -0.260. The molecule has 150 valence electrons. The molecule has 3 aliphatic rings. The third-order valence-corrected chi connectivity index (χ3v) is 6.27. The van der Waals surface area contributed by atoms with E-state index in [1.54, 1.807) is 11.8 Å². The molecule has 0 aliphatic carbocycles. The summed E-state index contributed by atoms with van der Waals surface area (Å²) in [5.74, 6) is 2.75. The molecule has 1 amide bonds. The number of nitrogens with one attached hydrogen (secondary N) is 1. The first kappa shape index (κ1) is 22.0. The molecule has 2 atom stereocenters. The van der Waals surface area contributed by atoms with Crippen molar-refractivity contribution in [3.05, 3.63) is 0 Å². The molecular formula is C17H31IN4O3S. The normalized spacial score (nSPS) is 29.6. The minimum absolute atomic E-state index is 0. The van der Waals surface area contributed by atoms with Gasteiger partial charge in [-0.05, 0) is 31.9 Å². The number of thioether (sulfide) groups is 1. The third-order valence-electron chi connectivity index (χ3n) is 5.04. The van der Waals surface area contributed by atoms with Gasteiger partial charge in [0.2, 0.25) is 0 Å². The largest absolute Gasteiger partial charge is 0.387 e. The summed E-state index contributed by atoms with van der Waals surface area (Å²) in [5.41, 5.74) is -0.664. The number of ether oxygens (including phenoxy) is 1. The van der Waals surface area contributed by atoms with E-state index in [1.165, 1.54) is 0 Å². The van der Waals surface area contributed by atoms with Crippen molar-refractivity contribution in [1.82, 2.24) is 15.1 Å². The smallest absolute Gasteiger partial charge is 0.251 e. The Morgan fingerprint density at radius 3 is 2.65 bits per heavy atom. The lowest BCUT2D eigenvalue weighted by Crippen LogP contribution is -2.55. The van der Waals surface area contributed by atoms with Crippen LogP contribution in [0.15, 0.2) is 4.99 Å². The first-order chi connectivity index (χ1) is 12.1. The van der Waals surface area contributed by atoms with Gasteiger partial charge in [0, 0.05) is 45.1 Å². The van der Waals surface area contributed by atoms with Crippen LogP contribution in [0.2, 0.25) is 0 Å². The number of carbonyl (C=O) groups excluding carboxylic acids is 1. The zero-order chi connectivity index (χ0) is 17.7. The van der Waals surface area contributed by atoms with Crippen LogP contribution in [0.5, 0.6) is 0 Å². The Kier molecular flexibility index (Phi) is 8.75. The number of aliphatic imine (C=N–C) groups is 1. The molecule has 7 nitrogen and oxygen atoms in total. The van der Waals surface area contributed by atoms with E-state index in [2.05, 4.69) is 15.2 Å². The number of piperazine rings is 1. The molecule has 3 rings (SSSR count). The van der Waals surface area contributed by atoms with E-state index >= 15 is 0 Å². The highest BCUT2D eigenvalue weighted by atomic mass is 127. The quantitative estimate of drug-likeness (QED) is 0.339. The maximum atomic E-state index is 12.4. The van der Waals surface area contributed by atoms with Crippen molar-refractivity contribution >= 4 is 47.6 Å². The molecule has 3 fully saturated rings. The van der Waals surface area contributed by atoms with Gasteiger partial charge in [0.15, 0.2) is 5.96 Å². The molecule has 26 heavy (non-hydrogen) atoms. The van der Waals surface area contributed by atoms with Crippen LogP contribution in [-0.2, 0) is 9.53 Å². The maximum Gasteiger partial charge on any atom is 0.251 e. The first-order valence-electron chi connectivity index (χ1n) is 9.35. The molecule has 3 saturated heterocycles. The van der Waals surface area contributed by atoms with Gasteiger partial charge >= 0.3 is 0 Å². The predicted octanol–water partition coefficient (Wildman–Crippen LogP) is 0.761. The molecule has 3 aliphatic heterocycles. The second-order valence-electron chi connectivity index (χ2n) is 7.01. The number of nitrogens with zero attached hydrogens (tertiary/aromatic N) is 3. The van der Waals surface area contributed by atoms with Crippen LogP contribution in [0.25, 0.3) is 0 Å². The summed E-state index contributed by atoms with van der Waals surface area (Å²) >= 11 is 1.79. The summed E-state index contributed by atoms with van der Waals surface area (Å²) in [6.45, 7) is 6.90. The van der Waals surface area contributed by atoms with Crippen molar-refractivity contribution in [3.8, 4) is 0 Å². The van der Waals surface area contributed by atoms with E-state index in [1.807, 2.05) is 11.8 Å². The number of aliphatic hydroxyl groups is 1. The van der Waals surface area contributed by atoms with Crippen LogP contribution in [0, 0.1) is 0 Å². The van der Waals surface area contributed by atoms with E-state index in [4.69, 9.17) is 4.74 Å². The van der Waals surface area contributed by atoms with Crippen molar-refractivity contribution in [1.29, 1.82) is 0 Å². The minimum atomic E-state index is -0.664. The number of guanidine groups is 1. The number of rotatable bonds is 4. The van der Waals surface area contributed by atoms with Crippen molar-refractivity contribution in [3.63, 3.8) is 0 Å². The molecule has 0 saturated carbocycles. The maximum absolute atomic E-state index is 12.4. The molecule has 9 heteroatoms. The van der Waals surface area contributed by atoms with Crippen molar-refractivity contribution < 1.29 is 14.6 Å². The van der Waals surface area contributed by atoms with Gasteiger partial charge in [-0.1, -0.05) is 0 Å². The summed E-state index contributed by atoms with van der Waals surface area (Å²) in [5, 5.41) is 13.8. The molecule has 0 bridgehead atoms. The molecular weight excluding hydrogens is 467 g/mol. The van der Waals surface area contributed by atoms with Gasteiger partial charge in [-0.2, -0.15) is 11.8 Å². The van der Waals surface area contributed by atoms with Gasteiger partial charge in [-0.3, -0.25) is 9.79 Å². The molecule has 3 heterocycles. The fourth-order valence-electron chi connectivity index (χ4n) is 3.48. The zero-order valence-corrected chi connectivity index (χ0v) is 18.6. The van der Waals surface area contributed by atoms with E-state index < -0.39 is 5.60 Å². The molecule has 0 aromatic rings. The number of hydrogen-bond acceptors (Lipinski definition) is 5. The van der Waals surface area contributed by atoms with E-state index in [0.29, 0.717) is 26.2 Å². The number of amides is 1. The van der Waals surface area contributed by atoms with Crippen LogP contribution in [0.3, 0.4) is 0 Å². The van der Waals surface area contributed by atoms with Gasteiger partial charge < -0.3 is 25.0 Å². The highest BCUT2D eigenvalue weighted by molar-refractivity contribution is 14.0. The average molecular weight is 498 g/mol. The van der Waals surface area contributed by atoms with E-state index in [9.17, 15) is 9.90 Å². The van der Waals surface area contributed by atoms with E-state index in [-0.39, 0.29) is 36.0 Å². The fraction of sp³-hybridized carbons (Fsp3) is 0.882. The van der Waals surface area contributed by atoms with Crippen LogP contribution in [-0.4, -0.2) is 95.9 Å². The highest BCUT2D eigenvalue weighted by Gasteiger charge is 2.33. The standard InChI is InChI=1S/C17H30N4O3S.HI/c1-2-18-16(19-12-17(23)5-11-25-13-17)21-8-6-20(7-9-21)15(22)14-4-3-10-24-14;/h14,23H,2-13H2,1H3,(H,18,19);1H. The molecule has 0 aromatic heterocycles. The summed E-state index contributed by atoms with van der Waals surface area (Å²) in [6, 6.07) is 0. The number of hydrogen-bond donors (Lipinski definition) is 2. The van der Waals surface area contributed by atoms with Crippen LogP contribution in [0.4, 0.5) is 0 Å². The van der Waals surface area contributed by atoms with Crippen molar-refractivity contribution in [2.24, 2.45) is 4.99 Å². The van der Waals surface area contributed by atoms with Crippen LogP contribution in [0.1, 0.15) is 26.2 Å². The minimum Gasteiger partial charge on any atom is -0.387 e. The van der Waals surface area contributed by atoms with Gasteiger partial charge in [-0.15, -0.1) is 24.0 Å². The predicted molar refractivity (Wildman–Crippen MR) is 115 cm³/mol. The van der Waals surface area contributed by atoms with Crippen LogP contribution < -0.4 is 5.32 Å². The highest BCUT2D eigenvalue weighted by Crippen LogP contribution is 2.28. The lowest BCUT2D eigenvalue weighted by Gasteiger charge is -2.37. The van der Waals surface area contributed by atoms with Crippen LogP contribution >= 0.6 is 35.7 Å². The second kappa shape index (κ2) is 10.3. The average Bonchev–Trinajstić information content (AvgIpc) is 3.30. The number of carbonyl (C=O) groups is 1. The third kappa shape index (κ3) is 5.62. The molecule has 2 N–H and O–H groups in total.